The normalized spacial score (nSPS) is 23.5. The number of carbonyl (C=O) groups excluding carboxylic acids is 1. The van der Waals surface area contributed by atoms with Gasteiger partial charge >= 0.3 is 0 Å². The van der Waals surface area contributed by atoms with Crippen LogP contribution in [0.5, 0.6) is 5.75 Å². The van der Waals surface area contributed by atoms with Crippen molar-refractivity contribution < 1.29 is 14.3 Å². The average molecular weight is 358 g/mol. The van der Waals surface area contributed by atoms with Gasteiger partial charge in [0.15, 0.2) is 5.69 Å². The Bertz CT molecular complexity index is 941. The highest BCUT2D eigenvalue weighted by Gasteiger charge is 2.45. The lowest BCUT2D eigenvalue weighted by molar-refractivity contribution is 0.0940. The van der Waals surface area contributed by atoms with Crippen molar-refractivity contribution in [3.05, 3.63) is 57.5 Å². The zero-order valence-corrected chi connectivity index (χ0v) is 14.0. The van der Waals surface area contributed by atoms with Crippen LogP contribution in [0.2, 0.25) is 0 Å². The highest BCUT2D eigenvalue weighted by molar-refractivity contribution is 5.94. The van der Waals surface area contributed by atoms with Gasteiger partial charge in [-0.2, -0.15) is 0 Å². The summed E-state index contributed by atoms with van der Waals surface area (Å²) in [6.45, 7) is 0.583. The van der Waals surface area contributed by atoms with Crippen LogP contribution >= 0.6 is 0 Å². The molecule has 2 heterocycles. The molecule has 1 aliphatic carbocycles. The molecular formula is C18H19FN4O3. The van der Waals surface area contributed by atoms with Crippen LogP contribution in [0.1, 0.15) is 41.1 Å². The van der Waals surface area contributed by atoms with E-state index < -0.39 is 22.8 Å². The summed E-state index contributed by atoms with van der Waals surface area (Å²) in [6, 6.07) is 5.66. The largest absolute Gasteiger partial charge is 0.501 e. The number of aromatic nitrogens is 2. The van der Waals surface area contributed by atoms with Gasteiger partial charge in [-0.3, -0.25) is 14.2 Å². The molecule has 0 unspecified atom stereocenters. The molecule has 7 nitrogen and oxygen atoms in total. The van der Waals surface area contributed by atoms with E-state index in [4.69, 9.17) is 5.73 Å². The highest BCUT2D eigenvalue weighted by atomic mass is 19.1. The molecule has 0 saturated heterocycles. The predicted octanol–water partition coefficient (Wildman–Crippen LogP) is 0.986. The van der Waals surface area contributed by atoms with E-state index in [0.29, 0.717) is 30.3 Å². The van der Waals surface area contributed by atoms with E-state index in [-0.39, 0.29) is 18.1 Å². The number of carbonyl (C=O) groups is 1. The summed E-state index contributed by atoms with van der Waals surface area (Å²) in [5, 5.41) is 12.8. The first-order valence-electron chi connectivity index (χ1n) is 8.53. The highest BCUT2D eigenvalue weighted by Crippen LogP contribution is 2.43. The van der Waals surface area contributed by atoms with Gasteiger partial charge in [-0.15, -0.1) is 0 Å². The summed E-state index contributed by atoms with van der Waals surface area (Å²) >= 11 is 0. The summed E-state index contributed by atoms with van der Waals surface area (Å²) in [5.41, 5.74) is 5.40. The second-order valence-electron chi connectivity index (χ2n) is 7.12. The lowest BCUT2D eigenvalue weighted by atomic mass is 9.92. The first-order valence-corrected chi connectivity index (χ1v) is 8.53. The van der Waals surface area contributed by atoms with Crippen LogP contribution < -0.4 is 16.6 Å². The van der Waals surface area contributed by atoms with Gasteiger partial charge in [-0.25, -0.2) is 9.37 Å². The fourth-order valence-corrected chi connectivity index (χ4v) is 3.92. The van der Waals surface area contributed by atoms with Crippen LogP contribution in [-0.2, 0) is 18.6 Å². The van der Waals surface area contributed by atoms with Crippen molar-refractivity contribution in [2.24, 2.45) is 11.7 Å². The maximum atomic E-state index is 12.9. The van der Waals surface area contributed by atoms with E-state index >= 15 is 0 Å². The fourth-order valence-electron chi connectivity index (χ4n) is 3.92. The Balaban J connectivity index is 1.63. The number of rotatable bonds is 3. The lowest BCUT2D eigenvalue weighted by Crippen LogP contribution is -2.46. The summed E-state index contributed by atoms with van der Waals surface area (Å²) in [5.74, 6) is -1.05. The van der Waals surface area contributed by atoms with Crippen molar-refractivity contribution in [2.45, 2.75) is 37.9 Å². The molecule has 26 heavy (non-hydrogen) atoms. The Morgan fingerprint density at radius 2 is 2.15 bits per heavy atom. The first-order chi connectivity index (χ1) is 12.4. The van der Waals surface area contributed by atoms with Gasteiger partial charge in [0, 0.05) is 13.1 Å². The van der Waals surface area contributed by atoms with E-state index in [1.165, 1.54) is 28.8 Å². The van der Waals surface area contributed by atoms with Crippen molar-refractivity contribution in [1.82, 2.24) is 14.9 Å². The Morgan fingerprint density at radius 1 is 1.42 bits per heavy atom. The van der Waals surface area contributed by atoms with Gasteiger partial charge in [0.2, 0.25) is 5.75 Å². The molecule has 1 aromatic carbocycles. The number of amides is 1. The summed E-state index contributed by atoms with van der Waals surface area (Å²) < 4.78 is 14.3. The number of aromatic hydroxyl groups is 1. The van der Waals surface area contributed by atoms with Crippen molar-refractivity contribution in [3.63, 3.8) is 0 Å². The number of hydrogen-bond donors (Lipinski definition) is 3. The number of nitrogens with zero attached hydrogens (tertiary/aromatic N) is 2. The van der Waals surface area contributed by atoms with E-state index in [1.807, 2.05) is 0 Å². The molecular weight excluding hydrogens is 339 g/mol. The molecule has 1 aromatic heterocycles. The van der Waals surface area contributed by atoms with Gasteiger partial charge in [-0.05, 0) is 42.9 Å². The number of fused-ring (bicyclic) bond motifs is 4. The molecule has 1 saturated carbocycles. The molecule has 1 amide bonds. The average Bonchev–Trinajstić information content (AvgIpc) is 2.94. The third kappa shape index (κ3) is 2.66. The molecule has 0 radical (unpaired) electrons. The number of nitrogens with two attached hydrogens (primary N) is 1. The molecule has 2 bridgehead atoms. The van der Waals surface area contributed by atoms with E-state index in [9.17, 15) is 19.1 Å². The van der Waals surface area contributed by atoms with Gasteiger partial charge in [0.05, 0.1) is 5.54 Å². The van der Waals surface area contributed by atoms with Crippen molar-refractivity contribution >= 4 is 5.91 Å². The van der Waals surface area contributed by atoms with Crippen molar-refractivity contribution in [3.8, 4) is 5.75 Å². The van der Waals surface area contributed by atoms with Crippen molar-refractivity contribution in [2.75, 3.05) is 0 Å². The van der Waals surface area contributed by atoms with Gasteiger partial charge in [-0.1, -0.05) is 12.1 Å². The number of hydrogen-bond acceptors (Lipinski definition) is 5. The zero-order valence-electron chi connectivity index (χ0n) is 14.0. The maximum absolute atomic E-state index is 12.9. The van der Waals surface area contributed by atoms with Gasteiger partial charge < -0.3 is 16.2 Å². The summed E-state index contributed by atoms with van der Waals surface area (Å²) in [7, 11) is 0. The lowest BCUT2D eigenvalue weighted by Gasteiger charge is -2.31. The standard InChI is InChI=1S/C18H19FN4O3/c19-12-3-1-10(2-4-12)8-21-15(25)13-14(24)16(26)23-9-11-5-6-18(20,7-11)17(23)22-13/h1-4,11,24H,5-9,20H2,(H,21,25)/t11-,18-/m1/s1. The van der Waals surface area contributed by atoms with Crippen LogP contribution in [-0.4, -0.2) is 20.6 Å². The Morgan fingerprint density at radius 3 is 2.88 bits per heavy atom. The molecule has 2 atom stereocenters. The minimum Gasteiger partial charge on any atom is -0.501 e. The van der Waals surface area contributed by atoms with Gasteiger partial charge in [0.1, 0.15) is 11.6 Å². The van der Waals surface area contributed by atoms with E-state index in [2.05, 4.69) is 10.3 Å². The second-order valence-corrected chi connectivity index (χ2v) is 7.12. The van der Waals surface area contributed by atoms with Crippen LogP contribution in [0.4, 0.5) is 4.39 Å². The maximum Gasteiger partial charge on any atom is 0.296 e. The van der Waals surface area contributed by atoms with Crippen LogP contribution in [0.3, 0.4) is 0 Å². The quantitative estimate of drug-likeness (QED) is 0.758. The molecule has 136 valence electrons. The van der Waals surface area contributed by atoms with Crippen LogP contribution in [0, 0.1) is 11.7 Å². The second kappa shape index (κ2) is 5.91. The molecule has 4 N–H and O–H groups in total. The van der Waals surface area contributed by atoms with Crippen molar-refractivity contribution in [1.29, 1.82) is 0 Å². The number of halogens is 1. The molecule has 8 heteroatoms. The van der Waals surface area contributed by atoms with E-state index in [1.54, 1.807) is 0 Å². The third-order valence-electron chi connectivity index (χ3n) is 5.26. The molecule has 2 aromatic rings. The molecule has 1 aliphatic heterocycles. The minimum absolute atomic E-state index is 0.120. The molecule has 4 rings (SSSR count). The van der Waals surface area contributed by atoms with Crippen LogP contribution in [0.15, 0.2) is 29.1 Å². The Kier molecular flexibility index (Phi) is 3.80. The number of benzene rings is 1. The smallest absolute Gasteiger partial charge is 0.296 e. The van der Waals surface area contributed by atoms with Crippen LogP contribution in [0.25, 0.3) is 0 Å². The summed E-state index contributed by atoms with van der Waals surface area (Å²) in [6.07, 6.45) is 2.32. The third-order valence-corrected chi connectivity index (χ3v) is 5.26. The SMILES string of the molecule is N[C@@]12CC[C@@H](Cn3c1nc(C(=O)NCc1ccc(F)cc1)c(O)c3=O)C2. The molecule has 0 spiro atoms. The Hall–Kier alpha value is -2.74. The fraction of sp³-hybridized carbons (Fsp3) is 0.389. The predicted molar refractivity (Wildman–Crippen MR) is 90.9 cm³/mol. The number of nitrogens with one attached hydrogen (secondary N) is 1. The molecule has 2 aliphatic rings. The first kappa shape index (κ1) is 16.7. The summed E-state index contributed by atoms with van der Waals surface area (Å²) in [4.78, 5) is 29.2. The minimum atomic E-state index is -0.734. The monoisotopic (exact) mass is 358 g/mol. The Labute approximate surface area is 148 Å². The topological polar surface area (TPSA) is 110 Å². The van der Waals surface area contributed by atoms with E-state index in [0.717, 1.165) is 12.8 Å². The molecule has 1 fully saturated rings. The zero-order chi connectivity index (χ0) is 18.5. The van der Waals surface area contributed by atoms with Gasteiger partial charge in [0.25, 0.3) is 11.5 Å².